The van der Waals surface area contributed by atoms with Crippen LogP contribution in [0.3, 0.4) is 0 Å². The van der Waals surface area contributed by atoms with Gasteiger partial charge in [-0.2, -0.15) is 5.10 Å². The topological polar surface area (TPSA) is 127 Å². The molecule has 2 aromatic carbocycles. The first-order valence-electron chi connectivity index (χ1n) is 10.0. The van der Waals surface area contributed by atoms with Crippen molar-refractivity contribution in [2.24, 2.45) is 5.10 Å². The molecule has 1 heterocycles. The normalized spacial score (nSPS) is 14.0. The van der Waals surface area contributed by atoms with Gasteiger partial charge < -0.3 is 9.73 Å². The summed E-state index contributed by atoms with van der Waals surface area (Å²) in [5.74, 6) is -0.0617. The SMILES string of the molecule is Cc1c(C(=O)Nc2ccccc2)oc2c1/C(=N/NC(=O)c1cccc([N+](=O)[O-])c1)CCC2. The van der Waals surface area contributed by atoms with Gasteiger partial charge in [0.1, 0.15) is 5.76 Å². The summed E-state index contributed by atoms with van der Waals surface area (Å²) in [6, 6.07) is 14.5. The minimum Gasteiger partial charge on any atom is -0.455 e. The standard InChI is InChI=1S/C23H20N4O5/c1-14-20-18(25-26-22(28)15-7-5-10-17(13-15)27(30)31)11-6-12-19(20)32-21(14)23(29)24-16-8-3-2-4-9-16/h2-5,7-10,13H,6,11-12H2,1H3,(H,24,29)(H,26,28)/b25-18+. The Hall–Kier alpha value is -4.27. The molecule has 0 spiro atoms. The van der Waals surface area contributed by atoms with E-state index in [2.05, 4.69) is 15.8 Å². The summed E-state index contributed by atoms with van der Waals surface area (Å²) in [6.07, 6.45) is 2.01. The highest BCUT2D eigenvalue weighted by Crippen LogP contribution is 2.30. The first kappa shape index (κ1) is 21.0. The molecule has 0 aliphatic heterocycles. The Kier molecular flexibility index (Phi) is 5.80. The highest BCUT2D eigenvalue weighted by Gasteiger charge is 2.28. The molecule has 9 heteroatoms. The first-order chi connectivity index (χ1) is 15.4. The maximum atomic E-state index is 12.7. The third kappa shape index (κ3) is 4.27. The number of hydrazone groups is 1. The zero-order chi connectivity index (χ0) is 22.7. The number of nitrogens with one attached hydrogen (secondary N) is 2. The number of benzene rings is 2. The van der Waals surface area contributed by atoms with Gasteiger partial charge in [0.05, 0.1) is 10.6 Å². The lowest BCUT2D eigenvalue weighted by molar-refractivity contribution is -0.384. The molecule has 32 heavy (non-hydrogen) atoms. The Labute approximate surface area is 183 Å². The van der Waals surface area contributed by atoms with E-state index in [9.17, 15) is 19.7 Å². The van der Waals surface area contributed by atoms with E-state index in [0.717, 1.165) is 6.42 Å². The maximum absolute atomic E-state index is 12.7. The zero-order valence-electron chi connectivity index (χ0n) is 17.3. The Balaban J connectivity index is 1.56. The van der Waals surface area contributed by atoms with Crippen LogP contribution < -0.4 is 10.7 Å². The molecule has 1 aliphatic rings. The highest BCUT2D eigenvalue weighted by molar-refractivity contribution is 6.09. The molecule has 3 aromatic rings. The molecule has 9 nitrogen and oxygen atoms in total. The Bertz CT molecular complexity index is 1230. The van der Waals surface area contributed by atoms with E-state index in [1.165, 1.54) is 24.3 Å². The maximum Gasteiger partial charge on any atom is 0.291 e. The molecule has 0 atom stereocenters. The molecular formula is C23H20N4O5. The summed E-state index contributed by atoms with van der Waals surface area (Å²) in [5.41, 5.74) is 5.05. The van der Waals surface area contributed by atoms with Crippen molar-refractivity contribution in [3.8, 4) is 0 Å². The molecule has 2 N–H and O–H groups in total. The third-order valence-electron chi connectivity index (χ3n) is 5.18. The monoisotopic (exact) mass is 432 g/mol. The lowest BCUT2D eigenvalue weighted by Crippen LogP contribution is -2.22. The van der Waals surface area contributed by atoms with Crippen molar-refractivity contribution in [1.82, 2.24) is 5.43 Å². The smallest absolute Gasteiger partial charge is 0.291 e. The van der Waals surface area contributed by atoms with Gasteiger partial charge in [0.15, 0.2) is 5.76 Å². The van der Waals surface area contributed by atoms with Gasteiger partial charge in [-0.3, -0.25) is 19.7 Å². The fourth-order valence-electron chi connectivity index (χ4n) is 3.65. The van der Waals surface area contributed by atoms with Crippen LogP contribution in [0.25, 0.3) is 0 Å². The van der Waals surface area contributed by atoms with Crippen molar-refractivity contribution in [2.75, 3.05) is 5.32 Å². The number of hydrogen-bond donors (Lipinski definition) is 2. The average Bonchev–Trinajstić information content (AvgIpc) is 3.15. The van der Waals surface area contributed by atoms with Crippen LogP contribution in [0.5, 0.6) is 0 Å². The number of hydrogen-bond acceptors (Lipinski definition) is 6. The Morgan fingerprint density at radius 3 is 2.59 bits per heavy atom. The predicted octanol–water partition coefficient (Wildman–Crippen LogP) is 4.22. The number of fused-ring (bicyclic) bond motifs is 1. The largest absolute Gasteiger partial charge is 0.455 e. The second kappa shape index (κ2) is 8.84. The van der Waals surface area contributed by atoms with E-state index in [4.69, 9.17) is 4.42 Å². The first-order valence-corrected chi connectivity index (χ1v) is 10.0. The van der Waals surface area contributed by atoms with Crippen molar-refractivity contribution in [1.29, 1.82) is 0 Å². The van der Waals surface area contributed by atoms with Crippen LogP contribution in [-0.4, -0.2) is 22.4 Å². The number of carbonyl (C=O) groups is 2. The van der Waals surface area contributed by atoms with E-state index in [0.29, 0.717) is 41.1 Å². The van der Waals surface area contributed by atoms with Gasteiger partial charge in [0, 0.05) is 40.9 Å². The number of para-hydroxylation sites is 1. The van der Waals surface area contributed by atoms with Crippen molar-refractivity contribution >= 4 is 28.9 Å². The van der Waals surface area contributed by atoms with Gasteiger partial charge in [0.25, 0.3) is 17.5 Å². The van der Waals surface area contributed by atoms with Crippen LogP contribution in [0.2, 0.25) is 0 Å². The summed E-state index contributed by atoms with van der Waals surface area (Å²) in [6.45, 7) is 1.78. The number of amides is 2. The van der Waals surface area contributed by atoms with Crippen LogP contribution in [-0.2, 0) is 6.42 Å². The highest BCUT2D eigenvalue weighted by atomic mass is 16.6. The van der Waals surface area contributed by atoms with Crippen LogP contribution in [0.1, 0.15) is 50.6 Å². The molecule has 0 saturated carbocycles. The van der Waals surface area contributed by atoms with Crippen LogP contribution >= 0.6 is 0 Å². The van der Waals surface area contributed by atoms with E-state index in [1.807, 2.05) is 18.2 Å². The van der Waals surface area contributed by atoms with Crippen molar-refractivity contribution in [3.05, 3.63) is 92.9 Å². The zero-order valence-corrected chi connectivity index (χ0v) is 17.3. The second-order valence-corrected chi connectivity index (χ2v) is 7.33. The van der Waals surface area contributed by atoms with E-state index in [1.54, 1.807) is 19.1 Å². The minimum atomic E-state index is -0.563. The molecule has 2 amide bonds. The molecule has 0 unspecified atom stereocenters. The van der Waals surface area contributed by atoms with Crippen molar-refractivity contribution < 1.29 is 18.9 Å². The molecule has 0 fully saturated rings. The summed E-state index contributed by atoms with van der Waals surface area (Å²) < 4.78 is 5.85. The molecule has 1 aliphatic carbocycles. The number of non-ortho nitro benzene ring substituents is 1. The minimum absolute atomic E-state index is 0.131. The van der Waals surface area contributed by atoms with Gasteiger partial charge >= 0.3 is 0 Å². The lowest BCUT2D eigenvalue weighted by atomic mass is 9.93. The number of furan rings is 1. The quantitative estimate of drug-likeness (QED) is 0.461. The predicted molar refractivity (Wildman–Crippen MR) is 118 cm³/mol. The fourth-order valence-corrected chi connectivity index (χ4v) is 3.65. The summed E-state index contributed by atoms with van der Waals surface area (Å²) in [4.78, 5) is 35.5. The third-order valence-corrected chi connectivity index (χ3v) is 5.18. The molecule has 0 saturated heterocycles. The number of rotatable bonds is 5. The van der Waals surface area contributed by atoms with Crippen molar-refractivity contribution in [3.63, 3.8) is 0 Å². The van der Waals surface area contributed by atoms with Gasteiger partial charge in [-0.15, -0.1) is 0 Å². The summed E-state index contributed by atoms with van der Waals surface area (Å²) in [5, 5.41) is 18.0. The number of nitro groups is 1. The molecule has 0 bridgehead atoms. The van der Waals surface area contributed by atoms with Gasteiger partial charge in [0.2, 0.25) is 0 Å². The average molecular weight is 432 g/mol. The molecule has 0 radical (unpaired) electrons. The number of nitrogens with zero attached hydrogens (tertiary/aromatic N) is 2. The van der Waals surface area contributed by atoms with Crippen LogP contribution in [0, 0.1) is 17.0 Å². The molecule has 4 rings (SSSR count). The number of aryl methyl sites for hydroxylation is 1. The fraction of sp³-hybridized carbons (Fsp3) is 0.174. The second-order valence-electron chi connectivity index (χ2n) is 7.33. The van der Waals surface area contributed by atoms with E-state index in [-0.39, 0.29) is 22.9 Å². The summed E-state index contributed by atoms with van der Waals surface area (Å²) >= 11 is 0. The van der Waals surface area contributed by atoms with Crippen LogP contribution in [0.4, 0.5) is 11.4 Å². The Morgan fingerprint density at radius 1 is 1.06 bits per heavy atom. The van der Waals surface area contributed by atoms with E-state index < -0.39 is 10.8 Å². The van der Waals surface area contributed by atoms with Crippen molar-refractivity contribution in [2.45, 2.75) is 26.2 Å². The van der Waals surface area contributed by atoms with Gasteiger partial charge in [-0.05, 0) is 38.0 Å². The number of nitro benzene ring substituents is 1. The number of anilines is 1. The van der Waals surface area contributed by atoms with Gasteiger partial charge in [-0.1, -0.05) is 24.3 Å². The lowest BCUT2D eigenvalue weighted by Gasteiger charge is -2.13. The molecular weight excluding hydrogens is 412 g/mol. The van der Waals surface area contributed by atoms with Gasteiger partial charge in [-0.25, -0.2) is 5.43 Å². The summed E-state index contributed by atoms with van der Waals surface area (Å²) in [7, 11) is 0. The van der Waals surface area contributed by atoms with Crippen LogP contribution in [0.15, 0.2) is 64.1 Å². The number of carbonyl (C=O) groups excluding carboxylic acids is 2. The molecule has 1 aromatic heterocycles. The Morgan fingerprint density at radius 2 is 1.84 bits per heavy atom. The van der Waals surface area contributed by atoms with E-state index >= 15 is 0 Å². The molecule has 162 valence electrons.